The maximum Gasteiger partial charge on any atom is 0.267 e. The fourth-order valence-electron chi connectivity index (χ4n) is 1.32. The van der Waals surface area contributed by atoms with Crippen LogP contribution in [0.3, 0.4) is 0 Å². The van der Waals surface area contributed by atoms with Crippen molar-refractivity contribution >= 4 is 83.2 Å². The number of nitrogens with two attached hydrogens (primary N) is 1. The minimum Gasteiger partial charge on any atom is -0.369 e. The molecule has 2 rings (SSSR count). The number of thiazole rings is 1. The normalized spacial score (nSPS) is 10.6. The molecule has 3 N–H and O–H groups in total. The first-order chi connectivity index (χ1) is 9.86. The number of amides is 2. The molecule has 2 aromatic rings. The summed E-state index contributed by atoms with van der Waals surface area (Å²) in [5, 5.41) is 3.26. The molecule has 0 bridgehead atoms. The van der Waals surface area contributed by atoms with E-state index in [1.165, 1.54) is 34.4 Å². The summed E-state index contributed by atoms with van der Waals surface area (Å²) in [4.78, 5) is 27.8. The van der Waals surface area contributed by atoms with Crippen LogP contribution in [0.25, 0.3) is 0 Å². The van der Waals surface area contributed by atoms with Gasteiger partial charge in [-0.05, 0) is 44.8 Å². The highest BCUT2D eigenvalue weighted by molar-refractivity contribution is 9.13. The van der Waals surface area contributed by atoms with Gasteiger partial charge in [-0.15, -0.1) is 23.1 Å². The second-order valence-corrected chi connectivity index (χ2v) is 9.30. The quantitative estimate of drug-likeness (QED) is 0.649. The summed E-state index contributed by atoms with van der Waals surface area (Å²) in [6.07, 6.45) is 0. The van der Waals surface area contributed by atoms with Crippen LogP contribution in [-0.4, -0.2) is 22.6 Å². The lowest BCUT2D eigenvalue weighted by Gasteiger charge is -1.97. The third-order valence-corrected chi connectivity index (χ3v) is 7.90. The van der Waals surface area contributed by atoms with Crippen LogP contribution in [0.5, 0.6) is 0 Å². The minimum atomic E-state index is -0.383. The lowest BCUT2D eigenvalue weighted by Crippen LogP contribution is -2.12. The lowest BCUT2D eigenvalue weighted by atomic mass is 10.4. The van der Waals surface area contributed by atoms with E-state index in [1.54, 1.807) is 6.07 Å². The number of thiophene rings is 1. The van der Waals surface area contributed by atoms with Gasteiger partial charge in [-0.2, -0.15) is 0 Å². The van der Waals surface area contributed by atoms with E-state index in [0.29, 0.717) is 10.0 Å². The molecule has 0 saturated heterocycles. The van der Waals surface area contributed by atoms with Gasteiger partial charge in [-0.25, -0.2) is 4.98 Å². The largest absolute Gasteiger partial charge is 0.369 e. The van der Waals surface area contributed by atoms with Crippen molar-refractivity contribution < 1.29 is 9.59 Å². The molecule has 0 aromatic carbocycles. The van der Waals surface area contributed by atoms with Gasteiger partial charge < -0.3 is 5.73 Å². The van der Waals surface area contributed by atoms with E-state index in [4.69, 9.17) is 5.73 Å². The van der Waals surface area contributed by atoms with Crippen LogP contribution in [0, 0.1) is 6.92 Å². The van der Waals surface area contributed by atoms with Gasteiger partial charge in [0.05, 0.1) is 24.3 Å². The number of primary amides is 1. The summed E-state index contributed by atoms with van der Waals surface area (Å²) in [6, 6.07) is 1.74. The predicted octanol–water partition coefficient (Wildman–Crippen LogP) is 3.87. The highest BCUT2D eigenvalue weighted by Crippen LogP contribution is 2.34. The number of aryl methyl sites for hydroxylation is 1. The third-order valence-electron chi connectivity index (χ3n) is 2.19. The molecule has 0 fully saturated rings. The molecule has 0 spiro atoms. The Morgan fingerprint density at radius 1 is 1.43 bits per heavy atom. The van der Waals surface area contributed by atoms with Crippen molar-refractivity contribution in [1.82, 2.24) is 4.98 Å². The van der Waals surface area contributed by atoms with Crippen molar-refractivity contribution in [1.29, 1.82) is 0 Å². The van der Waals surface area contributed by atoms with Crippen molar-refractivity contribution in [3.8, 4) is 0 Å². The Kier molecular flexibility index (Phi) is 5.83. The average Bonchev–Trinajstić information content (AvgIpc) is 2.91. The van der Waals surface area contributed by atoms with E-state index in [-0.39, 0.29) is 17.6 Å². The summed E-state index contributed by atoms with van der Waals surface area (Å²) < 4.78 is 2.57. The van der Waals surface area contributed by atoms with Crippen LogP contribution < -0.4 is 11.1 Å². The molecule has 5 nitrogen and oxygen atoms in total. The van der Waals surface area contributed by atoms with E-state index in [9.17, 15) is 9.59 Å². The average molecular weight is 471 g/mol. The number of aromatic nitrogens is 1. The molecule has 21 heavy (non-hydrogen) atoms. The molecule has 0 atom stereocenters. The van der Waals surface area contributed by atoms with Crippen LogP contribution in [0.1, 0.15) is 15.4 Å². The standard InChI is InChI=1S/C11H9Br2N3O2S3/c1-4-10(19-3-7(14)17)21-11(15-4)16-9(18)6-2-5(12)8(13)20-6/h2H,3H2,1H3,(H2,14,17)(H,15,16,18). The molecule has 112 valence electrons. The SMILES string of the molecule is Cc1nc(NC(=O)c2cc(Br)c(Br)s2)sc1SCC(N)=O. The number of nitrogens with one attached hydrogen (secondary N) is 1. The number of rotatable bonds is 5. The Morgan fingerprint density at radius 3 is 2.71 bits per heavy atom. The van der Waals surface area contributed by atoms with E-state index in [0.717, 1.165) is 18.2 Å². The third kappa shape index (κ3) is 4.52. The fraction of sp³-hybridized carbons (Fsp3) is 0.182. The van der Waals surface area contributed by atoms with Gasteiger partial charge in [0.15, 0.2) is 5.13 Å². The molecule has 0 aliphatic rings. The van der Waals surface area contributed by atoms with Crippen molar-refractivity contribution in [2.45, 2.75) is 11.1 Å². The zero-order valence-electron chi connectivity index (χ0n) is 10.6. The second kappa shape index (κ2) is 7.23. The molecule has 2 amide bonds. The number of anilines is 1. The molecule has 0 saturated carbocycles. The topological polar surface area (TPSA) is 85.1 Å². The number of carbonyl (C=O) groups is 2. The van der Waals surface area contributed by atoms with Crippen LogP contribution in [-0.2, 0) is 4.79 Å². The Balaban J connectivity index is 2.07. The van der Waals surface area contributed by atoms with Crippen LogP contribution in [0.15, 0.2) is 18.5 Å². The lowest BCUT2D eigenvalue weighted by molar-refractivity contribution is -0.115. The van der Waals surface area contributed by atoms with Gasteiger partial charge in [0.25, 0.3) is 5.91 Å². The smallest absolute Gasteiger partial charge is 0.267 e. The Labute approximate surface area is 150 Å². The first-order valence-electron chi connectivity index (χ1n) is 5.51. The predicted molar refractivity (Wildman–Crippen MR) is 94.4 cm³/mol. The van der Waals surface area contributed by atoms with E-state index in [1.807, 2.05) is 6.92 Å². The zero-order valence-corrected chi connectivity index (χ0v) is 16.2. The summed E-state index contributed by atoms with van der Waals surface area (Å²) in [5.74, 6) is -0.403. The number of nitrogens with zero attached hydrogens (tertiary/aromatic N) is 1. The Bertz CT molecular complexity index is 679. The van der Waals surface area contributed by atoms with E-state index >= 15 is 0 Å². The molecule has 0 aliphatic heterocycles. The van der Waals surface area contributed by atoms with Gasteiger partial charge in [0, 0.05) is 4.47 Å². The molecule has 0 radical (unpaired) electrons. The van der Waals surface area contributed by atoms with Gasteiger partial charge in [0.1, 0.15) is 0 Å². The van der Waals surface area contributed by atoms with Gasteiger partial charge >= 0.3 is 0 Å². The summed E-state index contributed by atoms with van der Waals surface area (Å²) in [7, 11) is 0. The molecule has 0 aliphatic carbocycles. The van der Waals surface area contributed by atoms with Gasteiger partial charge in [0.2, 0.25) is 5.91 Å². The van der Waals surface area contributed by atoms with E-state index in [2.05, 4.69) is 42.2 Å². The van der Waals surface area contributed by atoms with Crippen molar-refractivity contribution in [3.05, 3.63) is 24.9 Å². The fourth-order valence-corrected chi connectivity index (χ4v) is 5.13. The van der Waals surface area contributed by atoms with Crippen molar-refractivity contribution in [3.63, 3.8) is 0 Å². The molecule has 2 aromatic heterocycles. The van der Waals surface area contributed by atoms with E-state index < -0.39 is 0 Å². The number of hydrogen-bond acceptors (Lipinski definition) is 6. The van der Waals surface area contributed by atoms with Crippen molar-refractivity contribution in [2.24, 2.45) is 5.73 Å². The molecular formula is C11H9Br2N3O2S3. The molecule has 0 unspecified atom stereocenters. The number of halogens is 2. The monoisotopic (exact) mass is 469 g/mol. The zero-order chi connectivity index (χ0) is 15.6. The number of hydrogen-bond donors (Lipinski definition) is 2. The Morgan fingerprint density at radius 2 is 2.14 bits per heavy atom. The van der Waals surface area contributed by atoms with Gasteiger partial charge in [-0.1, -0.05) is 11.3 Å². The number of carbonyl (C=O) groups excluding carboxylic acids is 2. The van der Waals surface area contributed by atoms with Gasteiger partial charge in [-0.3, -0.25) is 14.9 Å². The Hall–Kier alpha value is -0.420. The van der Waals surface area contributed by atoms with Crippen LogP contribution in [0.2, 0.25) is 0 Å². The maximum atomic E-state index is 12.1. The van der Waals surface area contributed by atoms with Crippen LogP contribution >= 0.6 is 66.3 Å². The van der Waals surface area contributed by atoms with Crippen LogP contribution in [0.4, 0.5) is 5.13 Å². The maximum absolute atomic E-state index is 12.1. The summed E-state index contributed by atoms with van der Waals surface area (Å²) in [6.45, 7) is 1.83. The molecule has 10 heteroatoms. The second-order valence-electron chi connectivity index (χ2n) is 3.83. The first-order valence-corrected chi connectivity index (χ1v) is 9.72. The minimum absolute atomic E-state index is 0.196. The number of thioether (sulfide) groups is 1. The molecular weight excluding hydrogens is 462 g/mol. The van der Waals surface area contributed by atoms with Crippen molar-refractivity contribution in [2.75, 3.05) is 11.1 Å². The summed E-state index contributed by atoms with van der Waals surface area (Å²) in [5.41, 5.74) is 5.89. The highest BCUT2D eigenvalue weighted by atomic mass is 79.9. The molecule has 2 heterocycles. The summed E-state index contributed by atoms with van der Waals surface area (Å²) >= 11 is 10.7. The first kappa shape index (κ1) is 16.9. The highest BCUT2D eigenvalue weighted by Gasteiger charge is 2.15.